The number of aromatic nitrogens is 1. The lowest BCUT2D eigenvalue weighted by Crippen LogP contribution is -2.33. The third-order valence-electron chi connectivity index (χ3n) is 2.12. The van der Waals surface area contributed by atoms with Crippen LogP contribution in [0, 0.1) is 11.8 Å². The summed E-state index contributed by atoms with van der Waals surface area (Å²) in [4.78, 5) is 26.4. The van der Waals surface area contributed by atoms with Crippen LogP contribution in [0.3, 0.4) is 0 Å². The highest BCUT2D eigenvalue weighted by atomic mass is 16.2. The van der Waals surface area contributed by atoms with Crippen molar-refractivity contribution in [3.05, 3.63) is 29.6 Å². The fourth-order valence-corrected chi connectivity index (χ4v) is 1.30. The van der Waals surface area contributed by atoms with E-state index in [2.05, 4.69) is 27.5 Å². The molecular formula is C13H16N4O2. The van der Waals surface area contributed by atoms with Crippen molar-refractivity contribution >= 4 is 11.8 Å². The molecule has 4 N–H and O–H groups in total. The van der Waals surface area contributed by atoms with E-state index in [0.717, 1.165) is 0 Å². The number of carbonyl (C=O) groups is 2. The van der Waals surface area contributed by atoms with Crippen molar-refractivity contribution in [2.24, 2.45) is 5.73 Å². The van der Waals surface area contributed by atoms with Gasteiger partial charge in [-0.1, -0.05) is 11.8 Å². The lowest BCUT2D eigenvalue weighted by Gasteiger charge is -2.05. The van der Waals surface area contributed by atoms with Crippen LogP contribution in [-0.4, -0.2) is 36.4 Å². The Labute approximate surface area is 111 Å². The number of hydrogen-bond acceptors (Lipinski definition) is 4. The summed E-state index contributed by atoms with van der Waals surface area (Å²) in [7, 11) is 0. The summed E-state index contributed by atoms with van der Waals surface area (Å²) >= 11 is 0. The van der Waals surface area contributed by atoms with Gasteiger partial charge in [-0.15, -0.1) is 0 Å². The zero-order valence-electron chi connectivity index (χ0n) is 10.7. The van der Waals surface area contributed by atoms with Crippen molar-refractivity contribution in [2.45, 2.75) is 6.92 Å². The Morgan fingerprint density at radius 1 is 1.32 bits per heavy atom. The molecule has 1 rings (SSSR count). The summed E-state index contributed by atoms with van der Waals surface area (Å²) in [5.74, 6) is 5.12. The molecule has 0 saturated heterocycles. The average molecular weight is 260 g/mol. The molecule has 0 bridgehead atoms. The van der Waals surface area contributed by atoms with E-state index in [1.807, 2.05) is 0 Å². The van der Waals surface area contributed by atoms with Gasteiger partial charge in [0.2, 0.25) is 5.91 Å². The number of rotatable bonds is 4. The fourth-order valence-electron chi connectivity index (χ4n) is 1.30. The molecule has 0 saturated carbocycles. The molecule has 0 spiro atoms. The highest BCUT2D eigenvalue weighted by Gasteiger charge is 2.05. The molecule has 1 heterocycles. The maximum atomic E-state index is 11.8. The van der Waals surface area contributed by atoms with Gasteiger partial charge in [-0.2, -0.15) is 0 Å². The van der Waals surface area contributed by atoms with Gasteiger partial charge < -0.3 is 16.4 Å². The first-order valence-corrected chi connectivity index (χ1v) is 5.80. The van der Waals surface area contributed by atoms with Crippen molar-refractivity contribution in [2.75, 3.05) is 19.6 Å². The van der Waals surface area contributed by atoms with Gasteiger partial charge in [-0.25, -0.2) is 0 Å². The summed E-state index contributed by atoms with van der Waals surface area (Å²) in [6.07, 6.45) is 3.03. The van der Waals surface area contributed by atoms with Crippen LogP contribution >= 0.6 is 0 Å². The highest BCUT2D eigenvalue weighted by Crippen LogP contribution is 2.01. The molecule has 0 radical (unpaired) electrons. The lowest BCUT2D eigenvalue weighted by molar-refractivity contribution is -0.118. The summed E-state index contributed by atoms with van der Waals surface area (Å²) in [6.45, 7) is 2.43. The summed E-state index contributed by atoms with van der Waals surface area (Å²) in [5, 5.41) is 5.26. The van der Waals surface area contributed by atoms with E-state index in [9.17, 15) is 9.59 Å². The second-order valence-electron chi connectivity index (χ2n) is 3.71. The Kier molecular flexibility index (Phi) is 6.06. The Morgan fingerprint density at radius 3 is 2.74 bits per heavy atom. The van der Waals surface area contributed by atoms with Gasteiger partial charge in [0, 0.05) is 38.0 Å². The molecule has 0 unspecified atom stereocenters. The fraction of sp³-hybridized carbons (Fsp3) is 0.308. The van der Waals surface area contributed by atoms with E-state index in [0.29, 0.717) is 24.2 Å². The molecule has 6 nitrogen and oxygen atoms in total. The SMILES string of the molecule is CC(=O)NCCNC(=O)c1cncc(C#CCN)c1. The minimum Gasteiger partial charge on any atom is -0.355 e. The molecule has 1 aromatic rings. The standard InChI is InChI=1S/C13H16N4O2/c1-10(18)16-5-6-17-13(19)12-7-11(3-2-4-14)8-15-9-12/h7-9H,4-6,14H2,1H3,(H,16,18)(H,17,19). The van der Waals surface area contributed by atoms with Gasteiger partial charge in [0.15, 0.2) is 0 Å². The average Bonchev–Trinajstić information content (AvgIpc) is 2.41. The van der Waals surface area contributed by atoms with E-state index >= 15 is 0 Å². The quantitative estimate of drug-likeness (QED) is 0.490. The number of nitrogens with zero attached hydrogens (tertiary/aromatic N) is 1. The minimum atomic E-state index is -0.255. The zero-order chi connectivity index (χ0) is 14.1. The highest BCUT2D eigenvalue weighted by molar-refractivity contribution is 5.94. The second kappa shape index (κ2) is 7.84. The zero-order valence-corrected chi connectivity index (χ0v) is 10.7. The smallest absolute Gasteiger partial charge is 0.252 e. The molecule has 0 aliphatic heterocycles. The van der Waals surface area contributed by atoms with Gasteiger partial charge in [0.25, 0.3) is 5.91 Å². The Hall–Kier alpha value is -2.39. The van der Waals surface area contributed by atoms with Gasteiger partial charge in [0.05, 0.1) is 12.1 Å². The maximum absolute atomic E-state index is 11.8. The normalized spacial score (nSPS) is 9.16. The molecular weight excluding hydrogens is 244 g/mol. The van der Waals surface area contributed by atoms with Crippen LogP contribution in [0.4, 0.5) is 0 Å². The van der Waals surface area contributed by atoms with Crippen LogP contribution in [0.2, 0.25) is 0 Å². The van der Waals surface area contributed by atoms with Crippen molar-refractivity contribution in [3.63, 3.8) is 0 Å². The predicted octanol–water partition coefficient (Wildman–Crippen LogP) is -0.742. The first-order valence-electron chi connectivity index (χ1n) is 5.80. The summed E-state index contributed by atoms with van der Waals surface area (Å²) in [5.41, 5.74) is 6.33. The van der Waals surface area contributed by atoms with Crippen LogP contribution < -0.4 is 16.4 Å². The minimum absolute atomic E-state index is 0.130. The van der Waals surface area contributed by atoms with Gasteiger partial charge in [0.1, 0.15) is 0 Å². The molecule has 0 fully saturated rings. The monoisotopic (exact) mass is 260 g/mol. The van der Waals surface area contributed by atoms with E-state index < -0.39 is 0 Å². The molecule has 0 aliphatic carbocycles. The molecule has 0 aliphatic rings. The summed E-state index contributed by atoms with van der Waals surface area (Å²) in [6, 6.07) is 1.64. The number of hydrogen-bond donors (Lipinski definition) is 3. The number of nitrogens with one attached hydrogen (secondary N) is 2. The van der Waals surface area contributed by atoms with Crippen LogP contribution in [0.5, 0.6) is 0 Å². The van der Waals surface area contributed by atoms with Crippen LogP contribution in [0.25, 0.3) is 0 Å². The first kappa shape index (κ1) is 14.7. The number of amides is 2. The van der Waals surface area contributed by atoms with Crippen LogP contribution in [0.1, 0.15) is 22.8 Å². The van der Waals surface area contributed by atoms with Gasteiger partial charge in [-0.3, -0.25) is 14.6 Å². The molecule has 6 heteroatoms. The largest absolute Gasteiger partial charge is 0.355 e. The first-order chi connectivity index (χ1) is 9.13. The third-order valence-corrected chi connectivity index (χ3v) is 2.12. The number of pyridine rings is 1. The van der Waals surface area contributed by atoms with Gasteiger partial charge >= 0.3 is 0 Å². The molecule has 2 amide bonds. The van der Waals surface area contributed by atoms with Crippen LogP contribution in [0.15, 0.2) is 18.5 Å². The second-order valence-corrected chi connectivity index (χ2v) is 3.71. The number of carbonyl (C=O) groups excluding carboxylic acids is 2. The third kappa shape index (κ3) is 5.66. The molecule has 1 aromatic heterocycles. The molecule has 100 valence electrons. The van der Waals surface area contributed by atoms with Crippen molar-refractivity contribution in [1.82, 2.24) is 15.6 Å². The van der Waals surface area contributed by atoms with Crippen molar-refractivity contribution < 1.29 is 9.59 Å². The Balaban J connectivity index is 2.54. The number of nitrogens with two attached hydrogens (primary N) is 1. The Bertz CT molecular complexity index is 517. The van der Waals surface area contributed by atoms with E-state index in [1.165, 1.54) is 13.1 Å². The maximum Gasteiger partial charge on any atom is 0.252 e. The molecule has 0 aromatic carbocycles. The lowest BCUT2D eigenvalue weighted by atomic mass is 10.2. The predicted molar refractivity (Wildman–Crippen MR) is 71.2 cm³/mol. The van der Waals surface area contributed by atoms with Crippen LogP contribution in [-0.2, 0) is 4.79 Å². The van der Waals surface area contributed by atoms with Gasteiger partial charge in [-0.05, 0) is 6.07 Å². The van der Waals surface area contributed by atoms with E-state index in [-0.39, 0.29) is 18.4 Å². The summed E-state index contributed by atoms with van der Waals surface area (Å²) < 4.78 is 0. The molecule has 19 heavy (non-hydrogen) atoms. The van der Waals surface area contributed by atoms with Crippen molar-refractivity contribution in [1.29, 1.82) is 0 Å². The van der Waals surface area contributed by atoms with E-state index in [4.69, 9.17) is 5.73 Å². The molecule has 0 atom stereocenters. The van der Waals surface area contributed by atoms with E-state index in [1.54, 1.807) is 12.3 Å². The Morgan fingerprint density at radius 2 is 2.05 bits per heavy atom. The topological polar surface area (TPSA) is 97.1 Å². The van der Waals surface area contributed by atoms with Crippen molar-refractivity contribution in [3.8, 4) is 11.8 Å².